The number of nitrogens with zero attached hydrogens (tertiary/aromatic N) is 3. The van der Waals surface area contributed by atoms with Gasteiger partial charge in [0.15, 0.2) is 11.6 Å². The van der Waals surface area contributed by atoms with Gasteiger partial charge < -0.3 is 9.67 Å². The van der Waals surface area contributed by atoms with Crippen LogP contribution in [0.4, 0.5) is 0 Å². The van der Waals surface area contributed by atoms with Crippen LogP contribution < -0.4 is 0 Å². The molecule has 0 radical (unpaired) electrons. The first kappa shape index (κ1) is 13.7. The molecule has 1 aromatic carbocycles. The Balaban J connectivity index is 2.48. The third-order valence-electron chi connectivity index (χ3n) is 3.28. The molecule has 0 atom stereocenters. The quantitative estimate of drug-likeness (QED) is 0.918. The minimum atomic E-state index is -0.0788. The summed E-state index contributed by atoms with van der Waals surface area (Å²) in [5.41, 5.74) is 3.55. The van der Waals surface area contributed by atoms with Crippen molar-refractivity contribution in [2.24, 2.45) is 5.92 Å². The average molecular weight is 259 g/mol. The van der Waals surface area contributed by atoms with Crippen LogP contribution >= 0.6 is 0 Å². The smallest absolute Gasteiger partial charge is 0.164 e. The summed E-state index contributed by atoms with van der Waals surface area (Å²) in [6.07, 6.45) is 0. The minimum Gasteiger partial charge on any atom is -0.388 e. The van der Waals surface area contributed by atoms with E-state index >= 15 is 0 Å². The Morgan fingerprint density at radius 1 is 1.16 bits per heavy atom. The monoisotopic (exact) mass is 259 g/mol. The summed E-state index contributed by atoms with van der Waals surface area (Å²) in [6, 6.07) is 6.28. The molecular formula is C15H21N3O. The van der Waals surface area contributed by atoms with Crippen molar-refractivity contribution in [1.29, 1.82) is 0 Å². The highest BCUT2D eigenvalue weighted by Crippen LogP contribution is 2.22. The van der Waals surface area contributed by atoms with E-state index in [0.717, 1.165) is 17.9 Å². The largest absolute Gasteiger partial charge is 0.388 e. The molecule has 2 rings (SSSR count). The van der Waals surface area contributed by atoms with Crippen LogP contribution in [0.15, 0.2) is 18.2 Å². The van der Waals surface area contributed by atoms with Crippen LogP contribution in [0.5, 0.6) is 0 Å². The maximum absolute atomic E-state index is 9.37. The molecule has 19 heavy (non-hydrogen) atoms. The number of aliphatic hydroxyl groups excluding tert-OH is 1. The van der Waals surface area contributed by atoms with E-state index < -0.39 is 0 Å². The van der Waals surface area contributed by atoms with Gasteiger partial charge in [-0.1, -0.05) is 26.0 Å². The van der Waals surface area contributed by atoms with Crippen molar-refractivity contribution >= 4 is 0 Å². The van der Waals surface area contributed by atoms with Gasteiger partial charge in [0, 0.05) is 12.1 Å². The van der Waals surface area contributed by atoms with Crippen LogP contribution in [-0.2, 0) is 13.2 Å². The van der Waals surface area contributed by atoms with Crippen LogP contribution in [0.2, 0.25) is 0 Å². The molecule has 0 aliphatic heterocycles. The number of hydrogen-bond donors (Lipinski definition) is 1. The fourth-order valence-corrected chi connectivity index (χ4v) is 2.10. The molecule has 0 fully saturated rings. The summed E-state index contributed by atoms with van der Waals surface area (Å²) in [5, 5.41) is 17.7. The standard InChI is InChI=1S/C15H21N3O/c1-10(2)8-18-14(9-19)16-17-15(18)13-6-5-11(3)12(4)7-13/h5-7,10,19H,8-9H2,1-4H3. The Morgan fingerprint density at radius 3 is 2.47 bits per heavy atom. The summed E-state index contributed by atoms with van der Waals surface area (Å²) < 4.78 is 2.01. The van der Waals surface area contributed by atoms with Crippen molar-refractivity contribution in [2.45, 2.75) is 40.8 Å². The highest BCUT2D eigenvalue weighted by atomic mass is 16.3. The van der Waals surface area contributed by atoms with Crippen molar-refractivity contribution in [1.82, 2.24) is 14.8 Å². The van der Waals surface area contributed by atoms with Crippen LogP contribution in [0.1, 0.15) is 30.8 Å². The summed E-state index contributed by atoms with van der Waals surface area (Å²) in [4.78, 5) is 0. The molecule has 0 aliphatic carbocycles. The highest BCUT2D eigenvalue weighted by molar-refractivity contribution is 5.57. The van der Waals surface area contributed by atoms with Crippen molar-refractivity contribution in [3.8, 4) is 11.4 Å². The number of hydrogen-bond acceptors (Lipinski definition) is 3. The van der Waals surface area contributed by atoms with E-state index in [1.807, 2.05) is 4.57 Å². The number of aryl methyl sites for hydroxylation is 2. The van der Waals surface area contributed by atoms with E-state index in [1.54, 1.807) is 0 Å². The number of aromatic nitrogens is 3. The number of benzene rings is 1. The average Bonchev–Trinajstić information content (AvgIpc) is 2.75. The first-order chi connectivity index (χ1) is 9.02. The molecule has 0 unspecified atom stereocenters. The van der Waals surface area contributed by atoms with E-state index in [0.29, 0.717) is 11.7 Å². The van der Waals surface area contributed by atoms with Gasteiger partial charge in [-0.05, 0) is 37.0 Å². The van der Waals surface area contributed by atoms with Gasteiger partial charge in [0.2, 0.25) is 0 Å². The predicted octanol–water partition coefficient (Wildman–Crippen LogP) is 2.71. The fourth-order valence-electron chi connectivity index (χ4n) is 2.10. The Labute approximate surface area is 114 Å². The molecule has 0 aliphatic rings. The zero-order valence-corrected chi connectivity index (χ0v) is 12.0. The molecule has 0 bridgehead atoms. The maximum atomic E-state index is 9.37. The van der Waals surface area contributed by atoms with Crippen LogP contribution in [0.3, 0.4) is 0 Å². The summed E-state index contributed by atoms with van der Waals surface area (Å²) in [6.45, 7) is 9.21. The van der Waals surface area contributed by atoms with E-state index in [9.17, 15) is 5.11 Å². The van der Waals surface area contributed by atoms with Gasteiger partial charge in [-0.3, -0.25) is 0 Å². The lowest BCUT2D eigenvalue weighted by atomic mass is 10.1. The third kappa shape index (κ3) is 2.84. The van der Waals surface area contributed by atoms with Crippen LogP contribution in [0, 0.1) is 19.8 Å². The minimum absolute atomic E-state index is 0.0788. The Kier molecular flexibility index (Phi) is 4.00. The number of aliphatic hydroxyl groups is 1. The lowest BCUT2D eigenvalue weighted by Gasteiger charge is -2.12. The molecule has 0 spiro atoms. The molecule has 0 saturated carbocycles. The van der Waals surface area contributed by atoms with Gasteiger partial charge in [-0.25, -0.2) is 0 Å². The predicted molar refractivity (Wildman–Crippen MR) is 75.7 cm³/mol. The molecule has 2 aromatic rings. The number of rotatable bonds is 4. The zero-order chi connectivity index (χ0) is 14.0. The van der Waals surface area contributed by atoms with Crippen LogP contribution in [-0.4, -0.2) is 19.9 Å². The molecule has 102 valence electrons. The third-order valence-corrected chi connectivity index (χ3v) is 3.28. The molecule has 4 heteroatoms. The van der Waals surface area contributed by atoms with Crippen molar-refractivity contribution in [3.63, 3.8) is 0 Å². The van der Waals surface area contributed by atoms with E-state index in [2.05, 4.69) is 56.1 Å². The molecular weight excluding hydrogens is 238 g/mol. The lowest BCUT2D eigenvalue weighted by molar-refractivity contribution is 0.262. The van der Waals surface area contributed by atoms with Crippen LogP contribution in [0.25, 0.3) is 11.4 Å². The second kappa shape index (κ2) is 5.53. The second-order valence-corrected chi connectivity index (χ2v) is 5.40. The first-order valence-electron chi connectivity index (χ1n) is 6.63. The van der Waals surface area contributed by atoms with Gasteiger partial charge in [-0.15, -0.1) is 10.2 Å². The Hall–Kier alpha value is -1.68. The van der Waals surface area contributed by atoms with Gasteiger partial charge in [0.1, 0.15) is 6.61 Å². The Bertz CT molecular complexity index is 573. The first-order valence-corrected chi connectivity index (χ1v) is 6.63. The van der Waals surface area contributed by atoms with Gasteiger partial charge in [0.25, 0.3) is 0 Å². The zero-order valence-electron chi connectivity index (χ0n) is 12.0. The fraction of sp³-hybridized carbons (Fsp3) is 0.467. The van der Waals surface area contributed by atoms with Gasteiger partial charge >= 0.3 is 0 Å². The summed E-state index contributed by atoms with van der Waals surface area (Å²) in [5.74, 6) is 1.94. The van der Waals surface area contributed by atoms with Crippen molar-refractivity contribution in [3.05, 3.63) is 35.2 Å². The highest BCUT2D eigenvalue weighted by Gasteiger charge is 2.14. The Morgan fingerprint density at radius 2 is 1.89 bits per heavy atom. The molecule has 1 heterocycles. The molecule has 4 nitrogen and oxygen atoms in total. The molecule has 1 aromatic heterocycles. The summed E-state index contributed by atoms with van der Waals surface area (Å²) >= 11 is 0. The molecule has 0 saturated heterocycles. The van der Waals surface area contributed by atoms with Gasteiger partial charge in [0.05, 0.1) is 0 Å². The van der Waals surface area contributed by atoms with Crippen molar-refractivity contribution < 1.29 is 5.11 Å². The second-order valence-electron chi connectivity index (χ2n) is 5.40. The molecule has 1 N–H and O–H groups in total. The summed E-state index contributed by atoms with van der Waals surface area (Å²) in [7, 11) is 0. The normalized spacial score (nSPS) is 11.3. The maximum Gasteiger partial charge on any atom is 0.164 e. The SMILES string of the molecule is Cc1ccc(-c2nnc(CO)n2CC(C)C)cc1C. The lowest BCUT2D eigenvalue weighted by Crippen LogP contribution is -2.10. The van der Waals surface area contributed by atoms with Gasteiger partial charge in [-0.2, -0.15) is 0 Å². The molecule has 0 amide bonds. The van der Waals surface area contributed by atoms with Crippen molar-refractivity contribution in [2.75, 3.05) is 0 Å². The topological polar surface area (TPSA) is 50.9 Å². The van der Waals surface area contributed by atoms with E-state index in [-0.39, 0.29) is 6.61 Å². The van der Waals surface area contributed by atoms with E-state index in [4.69, 9.17) is 0 Å². The van der Waals surface area contributed by atoms with E-state index in [1.165, 1.54) is 11.1 Å².